The molecule has 0 unspecified atom stereocenters. The summed E-state index contributed by atoms with van der Waals surface area (Å²) in [6, 6.07) is 14.2. The molecule has 1 amide bonds. The van der Waals surface area contributed by atoms with Gasteiger partial charge in [-0.2, -0.15) is 5.10 Å². The minimum absolute atomic E-state index is 0.0445. The second-order valence-corrected chi connectivity index (χ2v) is 7.63. The summed E-state index contributed by atoms with van der Waals surface area (Å²) >= 11 is 5.37. The fourth-order valence-electron chi connectivity index (χ4n) is 3.39. The van der Waals surface area contributed by atoms with E-state index < -0.39 is 0 Å². The average molecular weight is 427 g/mol. The van der Waals surface area contributed by atoms with Gasteiger partial charge in [0.25, 0.3) is 0 Å². The van der Waals surface area contributed by atoms with Gasteiger partial charge in [0.05, 0.1) is 6.61 Å². The van der Waals surface area contributed by atoms with Crippen LogP contribution < -0.4 is 4.74 Å². The highest BCUT2D eigenvalue weighted by molar-refractivity contribution is 7.71. The van der Waals surface area contributed by atoms with E-state index in [9.17, 15) is 9.18 Å². The maximum absolute atomic E-state index is 14.1. The first-order valence-corrected chi connectivity index (χ1v) is 10.4. The highest BCUT2D eigenvalue weighted by Gasteiger charge is 2.33. The fourth-order valence-corrected chi connectivity index (χ4v) is 3.59. The Bertz CT molecular complexity index is 1090. The number of H-pyrrole nitrogens is 1. The second-order valence-electron chi connectivity index (χ2n) is 7.24. The number of halogens is 1. The van der Waals surface area contributed by atoms with E-state index in [1.54, 1.807) is 27.7 Å². The molecule has 8 heteroatoms. The summed E-state index contributed by atoms with van der Waals surface area (Å²) in [7, 11) is 0. The topological polar surface area (TPSA) is 63.1 Å². The smallest absolute Gasteiger partial charge is 0.243 e. The molecule has 1 aliphatic rings. The van der Waals surface area contributed by atoms with E-state index in [2.05, 4.69) is 10.2 Å². The van der Waals surface area contributed by atoms with Crippen molar-refractivity contribution in [3.8, 4) is 17.1 Å². The molecular formula is C22H23FN4O2S. The van der Waals surface area contributed by atoms with Crippen LogP contribution in [-0.2, 0) is 17.9 Å². The Morgan fingerprint density at radius 2 is 2.00 bits per heavy atom. The molecule has 0 aliphatic heterocycles. The molecular weight excluding hydrogens is 403 g/mol. The fraction of sp³-hybridized carbons (Fsp3) is 0.318. The molecule has 3 aromatic rings. The number of aromatic nitrogens is 3. The monoisotopic (exact) mass is 426 g/mol. The zero-order valence-corrected chi connectivity index (χ0v) is 17.5. The van der Waals surface area contributed by atoms with Crippen molar-refractivity contribution in [1.82, 2.24) is 19.7 Å². The van der Waals surface area contributed by atoms with E-state index in [0.717, 1.165) is 24.2 Å². The lowest BCUT2D eigenvalue weighted by atomic mass is 10.2. The molecule has 0 radical (unpaired) electrons. The van der Waals surface area contributed by atoms with Gasteiger partial charge in [0.1, 0.15) is 18.1 Å². The van der Waals surface area contributed by atoms with Crippen LogP contribution in [0.25, 0.3) is 11.4 Å². The van der Waals surface area contributed by atoms with Gasteiger partial charge in [-0.05, 0) is 62.3 Å². The summed E-state index contributed by atoms with van der Waals surface area (Å²) < 4.78 is 21.7. The van der Waals surface area contributed by atoms with Crippen LogP contribution >= 0.6 is 12.2 Å². The highest BCUT2D eigenvalue weighted by Crippen LogP contribution is 2.29. The first-order chi connectivity index (χ1) is 14.6. The van der Waals surface area contributed by atoms with Crippen LogP contribution in [0.4, 0.5) is 4.39 Å². The van der Waals surface area contributed by atoms with Gasteiger partial charge in [-0.3, -0.25) is 14.5 Å². The number of ether oxygens (including phenoxy) is 1. The zero-order valence-electron chi connectivity index (χ0n) is 16.7. The highest BCUT2D eigenvalue weighted by atomic mass is 32.1. The van der Waals surface area contributed by atoms with Crippen molar-refractivity contribution in [3.05, 3.63) is 64.7 Å². The van der Waals surface area contributed by atoms with Crippen molar-refractivity contribution in [2.45, 2.75) is 38.9 Å². The van der Waals surface area contributed by atoms with Gasteiger partial charge in [0.15, 0.2) is 10.6 Å². The maximum atomic E-state index is 14.1. The third-order valence-electron chi connectivity index (χ3n) is 5.08. The van der Waals surface area contributed by atoms with Gasteiger partial charge < -0.3 is 9.64 Å². The molecule has 0 bridgehead atoms. The van der Waals surface area contributed by atoms with Crippen molar-refractivity contribution in [2.24, 2.45) is 0 Å². The Morgan fingerprint density at radius 1 is 1.27 bits per heavy atom. The predicted molar refractivity (Wildman–Crippen MR) is 114 cm³/mol. The Morgan fingerprint density at radius 3 is 2.67 bits per heavy atom. The van der Waals surface area contributed by atoms with Crippen LogP contribution in [0.15, 0.2) is 48.5 Å². The molecule has 1 heterocycles. The molecule has 0 spiro atoms. The van der Waals surface area contributed by atoms with Gasteiger partial charge in [0.2, 0.25) is 5.91 Å². The van der Waals surface area contributed by atoms with Gasteiger partial charge in [-0.25, -0.2) is 4.39 Å². The number of carbonyl (C=O) groups is 1. The summed E-state index contributed by atoms with van der Waals surface area (Å²) in [5, 5.41) is 7.08. The molecule has 1 aliphatic carbocycles. The first-order valence-electron chi connectivity index (χ1n) is 9.98. The number of nitrogens with zero attached hydrogens (tertiary/aromatic N) is 3. The van der Waals surface area contributed by atoms with Crippen molar-refractivity contribution in [1.29, 1.82) is 0 Å². The van der Waals surface area contributed by atoms with E-state index in [4.69, 9.17) is 17.0 Å². The molecule has 2 aromatic carbocycles. The summed E-state index contributed by atoms with van der Waals surface area (Å²) in [4.78, 5) is 14.9. The molecule has 1 aromatic heterocycles. The third-order valence-corrected chi connectivity index (χ3v) is 5.39. The number of carbonyl (C=O) groups excluding carboxylic acids is 1. The molecule has 1 saturated carbocycles. The number of nitrogens with one attached hydrogen (secondary N) is 1. The SMILES string of the molecule is CCOc1ccc(-c2n[nH]c(=S)n2CC(=O)N(Cc2ccccc2F)C2CC2)cc1. The minimum atomic E-state index is -0.300. The van der Waals surface area contributed by atoms with E-state index >= 15 is 0 Å². The largest absolute Gasteiger partial charge is 0.494 e. The van der Waals surface area contributed by atoms with Crippen LogP contribution in [-0.4, -0.2) is 38.2 Å². The van der Waals surface area contributed by atoms with E-state index in [0.29, 0.717) is 22.8 Å². The lowest BCUT2D eigenvalue weighted by molar-refractivity contribution is -0.133. The quantitative estimate of drug-likeness (QED) is 0.545. The Hall–Kier alpha value is -3.00. The third kappa shape index (κ3) is 4.43. The van der Waals surface area contributed by atoms with Crippen molar-refractivity contribution >= 4 is 18.1 Å². The number of benzene rings is 2. The van der Waals surface area contributed by atoms with Gasteiger partial charge >= 0.3 is 0 Å². The molecule has 0 saturated heterocycles. The Kier molecular flexibility index (Phi) is 5.94. The predicted octanol–water partition coefficient (Wildman–Crippen LogP) is 4.34. The Balaban J connectivity index is 1.56. The minimum Gasteiger partial charge on any atom is -0.494 e. The average Bonchev–Trinajstić information content (AvgIpc) is 3.52. The second kappa shape index (κ2) is 8.79. The summed E-state index contributed by atoms with van der Waals surface area (Å²) in [6.07, 6.45) is 1.87. The maximum Gasteiger partial charge on any atom is 0.243 e. The Labute approximate surface area is 179 Å². The number of aromatic amines is 1. The lowest BCUT2D eigenvalue weighted by Gasteiger charge is -2.23. The van der Waals surface area contributed by atoms with Gasteiger partial charge in [-0.15, -0.1) is 0 Å². The normalized spacial score (nSPS) is 13.3. The molecule has 6 nitrogen and oxygen atoms in total. The van der Waals surface area contributed by atoms with E-state index in [1.807, 2.05) is 31.2 Å². The zero-order chi connectivity index (χ0) is 21.1. The number of amides is 1. The van der Waals surface area contributed by atoms with Gasteiger partial charge in [0, 0.05) is 23.7 Å². The summed E-state index contributed by atoms with van der Waals surface area (Å²) in [6.45, 7) is 2.81. The summed E-state index contributed by atoms with van der Waals surface area (Å²) in [5.41, 5.74) is 1.34. The molecule has 156 valence electrons. The molecule has 1 N–H and O–H groups in total. The number of rotatable bonds is 8. The van der Waals surface area contributed by atoms with Gasteiger partial charge in [-0.1, -0.05) is 18.2 Å². The van der Waals surface area contributed by atoms with E-state index in [-0.39, 0.29) is 30.9 Å². The van der Waals surface area contributed by atoms with Crippen LogP contribution in [0, 0.1) is 10.6 Å². The summed E-state index contributed by atoms with van der Waals surface area (Å²) in [5.74, 6) is 0.942. The first kappa shape index (κ1) is 20.3. The van der Waals surface area contributed by atoms with Crippen molar-refractivity contribution in [3.63, 3.8) is 0 Å². The number of hydrogen-bond donors (Lipinski definition) is 1. The van der Waals surface area contributed by atoms with E-state index in [1.165, 1.54) is 6.07 Å². The molecule has 0 atom stereocenters. The number of hydrogen-bond acceptors (Lipinski definition) is 4. The standard InChI is InChI=1S/C22H23FN4O2S/c1-2-29-18-11-7-15(8-12-18)21-24-25-22(30)27(21)14-20(28)26(17-9-10-17)13-16-5-3-4-6-19(16)23/h3-8,11-12,17H,2,9-10,13-14H2,1H3,(H,25,30). The molecule has 30 heavy (non-hydrogen) atoms. The van der Waals surface area contributed by atoms with Crippen LogP contribution in [0.5, 0.6) is 5.75 Å². The lowest BCUT2D eigenvalue weighted by Crippen LogP contribution is -2.35. The van der Waals surface area contributed by atoms with Crippen molar-refractivity contribution in [2.75, 3.05) is 6.61 Å². The van der Waals surface area contributed by atoms with Crippen LogP contribution in [0.2, 0.25) is 0 Å². The van der Waals surface area contributed by atoms with Crippen LogP contribution in [0.1, 0.15) is 25.3 Å². The van der Waals surface area contributed by atoms with Crippen LogP contribution in [0.3, 0.4) is 0 Å². The molecule has 1 fully saturated rings. The van der Waals surface area contributed by atoms with Crippen molar-refractivity contribution < 1.29 is 13.9 Å². The molecule has 4 rings (SSSR count).